The maximum absolute atomic E-state index is 10.4. The van der Waals surface area contributed by atoms with Crippen molar-refractivity contribution in [3.05, 3.63) is 59.4 Å². The van der Waals surface area contributed by atoms with Gasteiger partial charge in [-0.25, -0.2) is 0 Å². The summed E-state index contributed by atoms with van der Waals surface area (Å²) in [4.78, 5) is 3.98. The molecule has 3 nitrogen and oxygen atoms in total. The van der Waals surface area contributed by atoms with E-state index in [1.807, 2.05) is 31.2 Å². The van der Waals surface area contributed by atoms with E-state index in [9.17, 15) is 5.11 Å². The Morgan fingerprint density at radius 2 is 1.94 bits per heavy atom. The van der Waals surface area contributed by atoms with Gasteiger partial charge in [-0.2, -0.15) is 0 Å². The molecule has 1 atom stereocenters. The van der Waals surface area contributed by atoms with E-state index >= 15 is 0 Å². The number of rotatable bonds is 3. The van der Waals surface area contributed by atoms with Gasteiger partial charge in [-0.3, -0.25) is 4.98 Å². The summed E-state index contributed by atoms with van der Waals surface area (Å²) < 4.78 is 5.21. The first-order valence-electron chi connectivity index (χ1n) is 5.45. The number of pyridine rings is 1. The molecule has 2 aromatic rings. The summed E-state index contributed by atoms with van der Waals surface area (Å²) >= 11 is 0. The first-order valence-corrected chi connectivity index (χ1v) is 5.45. The lowest BCUT2D eigenvalue weighted by atomic mass is 9.98. The largest absolute Gasteiger partial charge is 0.495 e. The molecule has 1 heterocycles. The van der Waals surface area contributed by atoms with Gasteiger partial charge < -0.3 is 9.84 Å². The molecule has 17 heavy (non-hydrogen) atoms. The molecule has 2 rings (SSSR count). The standard InChI is InChI=1S/C14H15NO2/c1-10-5-3-4-6-11(10)14(16)12-7-8-15-9-13(12)17-2/h3-9,14,16H,1-2H3. The van der Waals surface area contributed by atoms with Crippen LogP contribution in [0.4, 0.5) is 0 Å². The third-order valence-corrected chi connectivity index (χ3v) is 2.81. The molecule has 0 spiro atoms. The molecular formula is C14H15NO2. The Bertz CT molecular complexity index is 511. The number of aliphatic hydroxyl groups excluding tert-OH is 1. The van der Waals surface area contributed by atoms with E-state index in [0.29, 0.717) is 5.75 Å². The van der Waals surface area contributed by atoms with Gasteiger partial charge in [-0.15, -0.1) is 0 Å². The predicted molar refractivity (Wildman–Crippen MR) is 66.0 cm³/mol. The summed E-state index contributed by atoms with van der Waals surface area (Å²) in [6.45, 7) is 1.98. The number of benzene rings is 1. The number of aliphatic hydroxyl groups is 1. The van der Waals surface area contributed by atoms with E-state index in [-0.39, 0.29) is 0 Å². The van der Waals surface area contributed by atoms with Crippen molar-refractivity contribution in [2.45, 2.75) is 13.0 Å². The zero-order valence-corrected chi connectivity index (χ0v) is 9.92. The Morgan fingerprint density at radius 3 is 2.65 bits per heavy atom. The molecule has 0 bridgehead atoms. The summed E-state index contributed by atoms with van der Waals surface area (Å²) in [5, 5.41) is 10.4. The third kappa shape index (κ3) is 2.29. The van der Waals surface area contributed by atoms with Crippen LogP contribution in [0.2, 0.25) is 0 Å². The minimum Gasteiger partial charge on any atom is -0.495 e. The highest BCUT2D eigenvalue weighted by Crippen LogP contribution is 2.30. The average molecular weight is 229 g/mol. The lowest BCUT2D eigenvalue weighted by Crippen LogP contribution is -2.04. The fourth-order valence-corrected chi connectivity index (χ4v) is 1.85. The Balaban J connectivity index is 2.44. The molecule has 0 saturated carbocycles. The Labute approximate surface area is 101 Å². The monoisotopic (exact) mass is 229 g/mol. The Morgan fingerprint density at radius 1 is 1.18 bits per heavy atom. The van der Waals surface area contributed by atoms with Gasteiger partial charge in [0.2, 0.25) is 0 Å². The number of aryl methyl sites for hydroxylation is 1. The predicted octanol–water partition coefficient (Wildman–Crippen LogP) is 2.48. The molecule has 1 aromatic heterocycles. The van der Waals surface area contributed by atoms with Crippen LogP contribution in [0.25, 0.3) is 0 Å². The molecule has 1 aromatic carbocycles. The smallest absolute Gasteiger partial charge is 0.143 e. The van der Waals surface area contributed by atoms with Crippen LogP contribution in [0.3, 0.4) is 0 Å². The van der Waals surface area contributed by atoms with E-state index in [4.69, 9.17) is 4.74 Å². The van der Waals surface area contributed by atoms with Crippen molar-refractivity contribution in [3.63, 3.8) is 0 Å². The van der Waals surface area contributed by atoms with Crippen LogP contribution in [0.15, 0.2) is 42.7 Å². The van der Waals surface area contributed by atoms with E-state index in [0.717, 1.165) is 16.7 Å². The van der Waals surface area contributed by atoms with Crippen molar-refractivity contribution < 1.29 is 9.84 Å². The quantitative estimate of drug-likeness (QED) is 0.879. The topological polar surface area (TPSA) is 42.4 Å². The lowest BCUT2D eigenvalue weighted by Gasteiger charge is -2.16. The van der Waals surface area contributed by atoms with Gasteiger partial charge >= 0.3 is 0 Å². The molecule has 0 fully saturated rings. The van der Waals surface area contributed by atoms with Crippen molar-refractivity contribution in [1.29, 1.82) is 0 Å². The molecule has 0 aliphatic heterocycles. The molecule has 88 valence electrons. The van der Waals surface area contributed by atoms with Gasteiger partial charge in [-0.1, -0.05) is 24.3 Å². The number of methoxy groups -OCH3 is 1. The molecule has 1 unspecified atom stereocenters. The van der Waals surface area contributed by atoms with Crippen molar-refractivity contribution >= 4 is 0 Å². The fraction of sp³-hybridized carbons (Fsp3) is 0.214. The molecule has 0 saturated heterocycles. The summed E-state index contributed by atoms with van der Waals surface area (Å²) in [5.41, 5.74) is 2.67. The van der Waals surface area contributed by atoms with Crippen molar-refractivity contribution in [2.75, 3.05) is 7.11 Å². The van der Waals surface area contributed by atoms with Crippen LogP contribution in [-0.4, -0.2) is 17.2 Å². The van der Waals surface area contributed by atoms with E-state index in [1.54, 1.807) is 25.6 Å². The summed E-state index contributed by atoms with van der Waals surface area (Å²) in [5.74, 6) is 0.600. The van der Waals surface area contributed by atoms with Crippen molar-refractivity contribution in [1.82, 2.24) is 4.98 Å². The summed E-state index contributed by atoms with van der Waals surface area (Å²) in [6, 6.07) is 9.54. The maximum atomic E-state index is 10.4. The van der Waals surface area contributed by atoms with Gasteiger partial charge in [-0.05, 0) is 24.1 Å². The van der Waals surface area contributed by atoms with Gasteiger partial charge in [0, 0.05) is 11.8 Å². The molecule has 0 amide bonds. The SMILES string of the molecule is COc1cnccc1C(O)c1ccccc1C. The zero-order valence-electron chi connectivity index (χ0n) is 9.92. The van der Waals surface area contributed by atoms with Crippen molar-refractivity contribution in [3.8, 4) is 5.75 Å². The second-order valence-corrected chi connectivity index (χ2v) is 3.88. The van der Waals surface area contributed by atoms with Gasteiger partial charge in [0.1, 0.15) is 11.9 Å². The van der Waals surface area contributed by atoms with E-state index in [2.05, 4.69) is 4.98 Å². The molecule has 0 aliphatic carbocycles. The highest BCUT2D eigenvalue weighted by molar-refractivity contribution is 5.40. The van der Waals surface area contributed by atoms with Crippen LogP contribution in [0, 0.1) is 6.92 Å². The zero-order chi connectivity index (χ0) is 12.3. The number of aromatic nitrogens is 1. The molecule has 0 radical (unpaired) electrons. The second-order valence-electron chi connectivity index (χ2n) is 3.88. The first kappa shape index (κ1) is 11.6. The van der Waals surface area contributed by atoms with Gasteiger partial charge in [0.25, 0.3) is 0 Å². The van der Waals surface area contributed by atoms with Crippen LogP contribution in [0.5, 0.6) is 5.75 Å². The second kappa shape index (κ2) is 4.97. The highest BCUT2D eigenvalue weighted by Gasteiger charge is 2.16. The minimum atomic E-state index is -0.686. The molecule has 3 heteroatoms. The summed E-state index contributed by atoms with van der Waals surface area (Å²) in [7, 11) is 1.57. The number of hydrogen-bond acceptors (Lipinski definition) is 3. The number of ether oxygens (including phenoxy) is 1. The van der Waals surface area contributed by atoms with Crippen LogP contribution >= 0.6 is 0 Å². The summed E-state index contributed by atoms with van der Waals surface area (Å²) in [6.07, 6.45) is 2.57. The van der Waals surface area contributed by atoms with E-state index in [1.165, 1.54) is 0 Å². The Hall–Kier alpha value is -1.87. The number of hydrogen-bond donors (Lipinski definition) is 1. The molecule has 0 aliphatic rings. The van der Waals surface area contributed by atoms with Crippen LogP contribution in [0.1, 0.15) is 22.8 Å². The average Bonchev–Trinajstić information content (AvgIpc) is 2.38. The normalized spacial score (nSPS) is 12.2. The van der Waals surface area contributed by atoms with Crippen LogP contribution < -0.4 is 4.74 Å². The maximum Gasteiger partial charge on any atom is 0.143 e. The van der Waals surface area contributed by atoms with Crippen LogP contribution in [-0.2, 0) is 0 Å². The van der Waals surface area contributed by atoms with E-state index < -0.39 is 6.10 Å². The van der Waals surface area contributed by atoms with Gasteiger partial charge in [0.05, 0.1) is 13.3 Å². The van der Waals surface area contributed by atoms with Gasteiger partial charge in [0.15, 0.2) is 0 Å². The fourth-order valence-electron chi connectivity index (χ4n) is 1.85. The molecular weight excluding hydrogens is 214 g/mol. The number of nitrogens with zero attached hydrogens (tertiary/aromatic N) is 1. The third-order valence-electron chi connectivity index (χ3n) is 2.81. The first-order chi connectivity index (χ1) is 8.24. The van der Waals surface area contributed by atoms with Crippen molar-refractivity contribution in [2.24, 2.45) is 0 Å². The molecule has 1 N–H and O–H groups in total. The minimum absolute atomic E-state index is 0.600. The lowest BCUT2D eigenvalue weighted by molar-refractivity contribution is 0.214. The Kier molecular flexibility index (Phi) is 3.40. The highest BCUT2D eigenvalue weighted by atomic mass is 16.5.